The van der Waals surface area contributed by atoms with Crippen molar-refractivity contribution in [1.29, 1.82) is 0 Å². The van der Waals surface area contributed by atoms with Crippen LogP contribution in [-0.2, 0) is 7.05 Å². The Bertz CT molecular complexity index is 449. The third kappa shape index (κ3) is 3.17. The fourth-order valence-corrected chi connectivity index (χ4v) is 4.16. The van der Waals surface area contributed by atoms with Gasteiger partial charge in [0.25, 0.3) is 5.91 Å². The highest BCUT2D eigenvalue weighted by Crippen LogP contribution is 2.31. The van der Waals surface area contributed by atoms with Crippen molar-refractivity contribution >= 4 is 5.91 Å². The van der Waals surface area contributed by atoms with Gasteiger partial charge in [-0.15, -0.1) is 0 Å². The van der Waals surface area contributed by atoms with Gasteiger partial charge < -0.3 is 9.47 Å². The largest absolute Gasteiger partial charge is 0.347 e. The molecule has 21 heavy (non-hydrogen) atoms. The molecule has 116 valence electrons. The molecular formula is C18H28N2O. The Morgan fingerprint density at radius 3 is 1.95 bits per heavy atom. The quantitative estimate of drug-likeness (QED) is 0.821. The van der Waals surface area contributed by atoms with E-state index >= 15 is 0 Å². The summed E-state index contributed by atoms with van der Waals surface area (Å²) < 4.78 is 1.97. The summed E-state index contributed by atoms with van der Waals surface area (Å²) in [6, 6.07) is 4.90. The molecule has 0 atom stereocenters. The smallest absolute Gasteiger partial charge is 0.270 e. The van der Waals surface area contributed by atoms with Gasteiger partial charge in [0.1, 0.15) is 5.69 Å². The summed E-state index contributed by atoms with van der Waals surface area (Å²) >= 11 is 0. The molecule has 0 aromatic carbocycles. The second-order valence-electron chi connectivity index (χ2n) is 6.80. The zero-order valence-corrected chi connectivity index (χ0v) is 13.3. The minimum atomic E-state index is 0.265. The minimum absolute atomic E-state index is 0.265. The van der Waals surface area contributed by atoms with Crippen molar-refractivity contribution in [2.75, 3.05) is 0 Å². The number of hydrogen-bond acceptors (Lipinski definition) is 1. The molecule has 2 aliphatic carbocycles. The van der Waals surface area contributed by atoms with E-state index in [9.17, 15) is 4.79 Å². The molecule has 0 spiro atoms. The van der Waals surface area contributed by atoms with Crippen LogP contribution in [0.4, 0.5) is 0 Å². The topological polar surface area (TPSA) is 25.2 Å². The molecule has 0 radical (unpaired) electrons. The number of aromatic nitrogens is 1. The van der Waals surface area contributed by atoms with Crippen LogP contribution in [0.2, 0.25) is 0 Å². The highest BCUT2D eigenvalue weighted by molar-refractivity contribution is 5.93. The summed E-state index contributed by atoms with van der Waals surface area (Å²) in [5.41, 5.74) is 0.853. The van der Waals surface area contributed by atoms with Crippen molar-refractivity contribution in [1.82, 2.24) is 9.47 Å². The minimum Gasteiger partial charge on any atom is -0.347 e. The van der Waals surface area contributed by atoms with Gasteiger partial charge in [0.05, 0.1) is 0 Å². The summed E-state index contributed by atoms with van der Waals surface area (Å²) in [6.07, 6.45) is 14.6. The zero-order valence-electron chi connectivity index (χ0n) is 13.3. The summed E-state index contributed by atoms with van der Waals surface area (Å²) in [5, 5.41) is 0. The predicted molar refractivity (Wildman–Crippen MR) is 85.3 cm³/mol. The van der Waals surface area contributed by atoms with Gasteiger partial charge in [0, 0.05) is 25.3 Å². The third-order valence-corrected chi connectivity index (χ3v) is 5.33. The van der Waals surface area contributed by atoms with Gasteiger partial charge in [0.15, 0.2) is 0 Å². The van der Waals surface area contributed by atoms with Gasteiger partial charge in [-0.1, -0.05) is 38.5 Å². The van der Waals surface area contributed by atoms with E-state index in [1.54, 1.807) is 0 Å². The van der Waals surface area contributed by atoms with Crippen molar-refractivity contribution in [2.24, 2.45) is 7.05 Å². The molecule has 0 aliphatic heterocycles. The fraction of sp³-hybridized carbons (Fsp3) is 0.722. The maximum absolute atomic E-state index is 13.1. The molecule has 1 amide bonds. The first-order valence-electron chi connectivity index (χ1n) is 8.71. The predicted octanol–water partition coefficient (Wildman–Crippen LogP) is 4.13. The number of carbonyl (C=O) groups is 1. The fourth-order valence-electron chi connectivity index (χ4n) is 4.16. The maximum atomic E-state index is 13.1. The molecule has 2 fully saturated rings. The summed E-state index contributed by atoms with van der Waals surface area (Å²) in [7, 11) is 1.98. The molecule has 0 bridgehead atoms. The lowest BCUT2D eigenvalue weighted by molar-refractivity contribution is 0.0439. The summed E-state index contributed by atoms with van der Waals surface area (Å²) in [6.45, 7) is 0. The van der Waals surface area contributed by atoms with Crippen molar-refractivity contribution in [3.05, 3.63) is 24.0 Å². The highest BCUT2D eigenvalue weighted by atomic mass is 16.2. The van der Waals surface area contributed by atoms with Crippen LogP contribution >= 0.6 is 0 Å². The van der Waals surface area contributed by atoms with E-state index in [0.29, 0.717) is 12.1 Å². The molecule has 1 aromatic heterocycles. The first kappa shape index (κ1) is 14.7. The number of amides is 1. The number of aryl methyl sites for hydroxylation is 1. The Hall–Kier alpha value is -1.25. The molecule has 3 rings (SSSR count). The van der Waals surface area contributed by atoms with Gasteiger partial charge in [-0.2, -0.15) is 0 Å². The molecular weight excluding hydrogens is 260 g/mol. The van der Waals surface area contributed by atoms with Crippen LogP contribution in [0.25, 0.3) is 0 Å². The van der Waals surface area contributed by atoms with Crippen molar-refractivity contribution in [3.63, 3.8) is 0 Å². The Labute approximate surface area is 128 Å². The third-order valence-electron chi connectivity index (χ3n) is 5.33. The van der Waals surface area contributed by atoms with Crippen molar-refractivity contribution in [2.45, 2.75) is 76.3 Å². The van der Waals surface area contributed by atoms with E-state index in [1.165, 1.54) is 64.2 Å². The molecule has 0 unspecified atom stereocenters. The monoisotopic (exact) mass is 288 g/mol. The molecule has 1 heterocycles. The van der Waals surface area contributed by atoms with Gasteiger partial charge in [-0.25, -0.2) is 0 Å². The number of nitrogens with zero attached hydrogens (tertiary/aromatic N) is 2. The SMILES string of the molecule is Cn1cccc1C(=O)N(C1CCCCC1)C1CCCCC1. The second kappa shape index (κ2) is 6.67. The van der Waals surface area contributed by atoms with Crippen molar-refractivity contribution < 1.29 is 4.79 Å². The van der Waals surface area contributed by atoms with Crippen LogP contribution in [-0.4, -0.2) is 27.5 Å². The molecule has 3 heteroatoms. The normalized spacial score (nSPS) is 21.4. The Balaban J connectivity index is 1.83. The maximum Gasteiger partial charge on any atom is 0.270 e. The average Bonchev–Trinajstić information content (AvgIpc) is 2.96. The van der Waals surface area contributed by atoms with Gasteiger partial charge >= 0.3 is 0 Å². The zero-order chi connectivity index (χ0) is 14.7. The second-order valence-corrected chi connectivity index (χ2v) is 6.80. The first-order valence-corrected chi connectivity index (χ1v) is 8.71. The van der Waals surface area contributed by atoms with E-state index in [2.05, 4.69) is 4.90 Å². The lowest BCUT2D eigenvalue weighted by Crippen LogP contribution is -2.49. The van der Waals surface area contributed by atoms with E-state index < -0.39 is 0 Å². The van der Waals surface area contributed by atoms with Gasteiger partial charge in [0.2, 0.25) is 0 Å². The van der Waals surface area contributed by atoms with Crippen LogP contribution in [0, 0.1) is 0 Å². The number of rotatable bonds is 3. The van der Waals surface area contributed by atoms with Crippen LogP contribution in [0.5, 0.6) is 0 Å². The average molecular weight is 288 g/mol. The lowest BCUT2D eigenvalue weighted by atomic mass is 9.88. The van der Waals surface area contributed by atoms with E-state index in [0.717, 1.165) is 5.69 Å². The van der Waals surface area contributed by atoms with E-state index in [-0.39, 0.29) is 5.91 Å². The molecule has 0 saturated heterocycles. The highest BCUT2D eigenvalue weighted by Gasteiger charge is 2.33. The van der Waals surface area contributed by atoms with Crippen LogP contribution in [0.3, 0.4) is 0 Å². The van der Waals surface area contributed by atoms with Gasteiger partial charge in [-0.05, 0) is 37.8 Å². The number of hydrogen-bond donors (Lipinski definition) is 0. The molecule has 0 N–H and O–H groups in total. The molecule has 2 aliphatic rings. The standard InChI is InChI=1S/C18H28N2O/c1-19-14-8-13-17(19)18(21)20(15-9-4-2-5-10-15)16-11-6-3-7-12-16/h8,13-16H,2-7,9-12H2,1H3. The van der Waals surface area contributed by atoms with Crippen LogP contribution in [0.15, 0.2) is 18.3 Å². The first-order chi connectivity index (χ1) is 10.3. The van der Waals surface area contributed by atoms with Gasteiger partial charge in [-0.3, -0.25) is 4.79 Å². The Morgan fingerprint density at radius 2 is 1.52 bits per heavy atom. The number of carbonyl (C=O) groups excluding carboxylic acids is 1. The molecule has 2 saturated carbocycles. The van der Waals surface area contributed by atoms with Crippen molar-refractivity contribution in [3.8, 4) is 0 Å². The van der Waals surface area contributed by atoms with E-state index in [1.807, 2.05) is 29.9 Å². The molecule has 1 aromatic rings. The van der Waals surface area contributed by atoms with Crippen LogP contribution < -0.4 is 0 Å². The summed E-state index contributed by atoms with van der Waals surface area (Å²) in [5.74, 6) is 0.265. The summed E-state index contributed by atoms with van der Waals surface area (Å²) in [4.78, 5) is 15.4. The van der Waals surface area contributed by atoms with Crippen LogP contribution in [0.1, 0.15) is 74.7 Å². The Kier molecular flexibility index (Phi) is 4.67. The Morgan fingerprint density at radius 1 is 1.00 bits per heavy atom. The van der Waals surface area contributed by atoms with E-state index in [4.69, 9.17) is 0 Å². The lowest BCUT2D eigenvalue weighted by Gasteiger charge is -2.41. The molecule has 3 nitrogen and oxygen atoms in total.